The van der Waals surface area contributed by atoms with Crippen LogP contribution in [0.3, 0.4) is 0 Å². The maximum Gasteiger partial charge on any atom is 0.122 e. The minimum atomic E-state index is 0.323. The molecule has 1 aliphatic heterocycles. The Bertz CT molecular complexity index is 1050. The Morgan fingerprint density at radius 3 is 3.00 bits per heavy atom. The van der Waals surface area contributed by atoms with Crippen LogP contribution in [0.4, 0.5) is 0 Å². The number of nitrogens with zero attached hydrogens (tertiary/aromatic N) is 2. The Morgan fingerprint density at radius 1 is 1.16 bits per heavy atom. The van der Waals surface area contributed by atoms with Gasteiger partial charge in [0.2, 0.25) is 0 Å². The van der Waals surface area contributed by atoms with Gasteiger partial charge in [-0.25, -0.2) is 4.98 Å². The third kappa shape index (κ3) is 2.61. The van der Waals surface area contributed by atoms with E-state index < -0.39 is 0 Å². The van der Waals surface area contributed by atoms with Gasteiger partial charge in [-0.3, -0.25) is 5.10 Å². The van der Waals surface area contributed by atoms with E-state index in [1.54, 1.807) is 11.3 Å². The van der Waals surface area contributed by atoms with Crippen LogP contribution in [-0.4, -0.2) is 21.8 Å². The van der Waals surface area contributed by atoms with E-state index in [0.717, 1.165) is 33.8 Å². The summed E-state index contributed by atoms with van der Waals surface area (Å²) in [5, 5.41) is 8.06. The largest absolute Gasteiger partial charge is 0.493 e. The zero-order chi connectivity index (χ0) is 16.8. The lowest BCUT2D eigenvalue weighted by Crippen LogP contribution is -2.19. The summed E-state index contributed by atoms with van der Waals surface area (Å²) in [6.45, 7) is 2.82. The normalized spacial score (nSPS) is 16.6. The van der Waals surface area contributed by atoms with Crippen LogP contribution in [0.25, 0.3) is 21.3 Å². The number of fused-ring (bicyclic) bond motifs is 2. The van der Waals surface area contributed by atoms with E-state index >= 15 is 0 Å². The molecule has 1 aliphatic rings. The molecular formula is C20H17N3OS. The standard InChI is InChI=1S/C20H17N3OS/c1-12-2-5-18-14(6-12)7-15(11-24-18)20-23-17-4-3-13(8-19(17)25-20)16-9-21-22-10-16/h2-6,8-10,15H,7,11H2,1H3,(H,21,22). The summed E-state index contributed by atoms with van der Waals surface area (Å²) in [4.78, 5) is 4.87. The number of ether oxygens (including phenoxy) is 1. The van der Waals surface area contributed by atoms with E-state index in [9.17, 15) is 0 Å². The van der Waals surface area contributed by atoms with Gasteiger partial charge >= 0.3 is 0 Å². The summed E-state index contributed by atoms with van der Waals surface area (Å²) in [5.74, 6) is 1.34. The lowest BCUT2D eigenvalue weighted by molar-refractivity contribution is 0.262. The molecule has 25 heavy (non-hydrogen) atoms. The molecule has 0 saturated heterocycles. The molecule has 5 rings (SSSR count). The van der Waals surface area contributed by atoms with Gasteiger partial charge in [0.15, 0.2) is 0 Å². The minimum absolute atomic E-state index is 0.323. The average Bonchev–Trinajstić information content (AvgIpc) is 3.30. The number of aryl methyl sites for hydroxylation is 1. The molecule has 0 spiro atoms. The highest BCUT2D eigenvalue weighted by atomic mass is 32.1. The maximum absolute atomic E-state index is 5.98. The van der Waals surface area contributed by atoms with Crippen LogP contribution < -0.4 is 4.74 Å². The lowest BCUT2D eigenvalue weighted by Gasteiger charge is -2.24. The Labute approximate surface area is 149 Å². The van der Waals surface area contributed by atoms with E-state index in [1.165, 1.54) is 15.8 Å². The Morgan fingerprint density at radius 2 is 2.12 bits per heavy atom. The van der Waals surface area contributed by atoms with Gasteiger partial charge in [-0.15, -0.1) is 11.3 Å². The first-order valence-corrected chi connectivity index (χ1v) is 9.20. The van der Waals surface area contributed by atoms with E-state index in [2.05, 4.69) is 53.5 Å². The molecule has 0 aliphatic carbocycles. The number of aromatic nitrogens is 3. The van der Waals surface area contributed by atoms with Gasteiger partial charge in [-0.05, 0) is 42.7 Å². The topological polar surface area (TPSA) is 50.8 Å². The summed E-state index contributed by atoms with van der Waals surface area (Å²) in [6.07, 6.45) is 4.75. The second-order valence-electron chi connectivity index (χ2n) is 6.54. The van der Waals surface area contributed by atoms with Crippen LogP contribution in [0, 0.1) is 6.92 Å². The van der Waals surface area contributed by atoms with Crippen molar-refractivity contribution in [2.24, 2.45) is 0 Å². The fraction of sp³-hybridized carbons (Fsp3) is 0.200. The summed E-state index contributed by atoms with van der Waals surface area (Å²) < 4.78 is 7.19. The highest BCUT2D eigenvalue weighted by molar-refractivity contribution is 7.18. The molecule has 1 N–H and O–H groups in total. The van der Waals surface area contributed by atoms with Crippen molar-refractivity contribution in [2.75, 3.05) is 6.61 Å². The number of rotatable bonds is 2. The molecule has 4 aromatic rings. The minimum Gasteiger partial charge on any atom is -0.493 e. The van der Waals surface area contributed by atoms with Gasteiger partial charge < -0.3 is 4.74 Å². The van der Waals surface area contributed by atoms with E-state index in [1.807, 2.05) is 12.4 Å². The first kappa shape index (κ1) is 14.7. The molecule has 0 bridgehead atoms. The molecule has 3 heterocycles. The highest BCUT2D eigenvalue weighted by Crippen LogP contribution is 2.37. The van der Waals surface area contributed by atoms with Crippen molar-refractivity contribution >= 4 is 21.6 Å². The molecule has 2 aromatic heterocycles. The number of benzene rings is 2. The van der Waals surface area contributed by atoms with E-state index in [-0.39, 0.29) is 0 Å². The number of thiazole rings is 1. The number of nitrogens with one attached hydrogen (secondary N) is 1. The molecule has 0 amide bonds. The first-order valence-electron chi connectivity index (χ1n) is 8.38. The molecule has 1 unspecified atom stereocenters. The fourth-order valence-corrected chi connectivity index (χ4v) is 4.48. The van der Waals surface area contributed by atoms with Crippen LogP contribution >= 0.6 is 11.3 Å². The summed E-state index contributed by atoms with van der Waals surface area (Å²) in [7, 11) is 0. The van der Waals surface area contributed by atoms with Gasteiger partial charge in [0.25, 0.3) is 0 Å². The molecule has 0 saturated carbocycles. The van der Waals surface area contributed by atoms with Crippen LogP contribution in [0.5, 0.6) is 5.75 Å². The van der Waals surface area contributed by atoms with Gasteiger partial charge in [0.1, 0.15) is 10.8 Å². The zero-order valence-electron chi connectivity index (χ0n) is 13.8. The van der Waals surface area contributed by atoms with E-state index in [0.29, 0.717) is 12.5 Å². The summed E-state index contributed by atoms with van der Waals surface area (Å²) >= 11 is 1.77. The van der Waals surface area contributed by atoms with Gasteiger partial charge in [0.05, 0.1) is 23.0 Å². The van der Waals surface area contributed by atoms with Crippen molar-refractivity contribution < 1.29 is 4.74 Å². The van der Waals surface area contributed by atoms with Gasteiger partial charge in [0, 0.05) is 17.7 Å². The Balaban J connectivity index is 1.49. The van der Waals surface area contributed by atoms with Crippen LogP contribution in [-0.2, 0) is 6.42 Å². The van der Waals surface area contributed by atoms with Crippen molar-refractivity contribution in [1.82, 2.24) is 15.2 Å². The van der Waals surface area contributed by atoms with Crippen LogP contribution in [0.2, 0.25) is 0 Å². The van der Waals surface area contributed by atoms with Crippen LogP contribution in [0.1, 0.15) is 22.1 Å². The third-order valence-corrected chi connectivity index (χ3v) is 5.89. The smallest absolute Gasteiger partial charge is 0.122 e. The van der Waals surface area contributed by atoms with Gasteiger partial charge in [-0.1, -0.05) is 23.8 Å². The number of hydrogen-bond acceptors (Lipinski definition) is 4. The number of aromatic amines is 1. The lowest BCUT2D eigenvalue weighted by atomic mass is 9.96. The second-order valence-corrected chi connectivity index (χ2v) is 7.61. The molecule has 124 valence electrons. The predicted octanol–water partition coefficient (Wildman–Crippen LogP) is 4.71. The van der Waals surface area contributed by atoms with Crippen molar-refractivity contribution in [3.8, 4) is 16.9 Å². The average molecular weight is 347 g/mol. The zero-order valence-corrected chi connectivity index (χ0v) is 14.6. The molecule has 4 nitrogen and oxygen atoms in total. The van der Waals surface area contributed by atoms with Crippen LogP contribution in [0.15, 0.2) is 48.8 Å². The fourth-order valence-electron chi connectivity index (χ4n) is 3.39. The summed E-state index contributed by atoms with van der Waals surface area (Å²) in [6, 6.07) is 12.8. The SMILES string of the molecule is Cc1ccc2c(c1)CC(c1nc3ccc(-c4cn[nH]c4)cc3s1)CO2. The molecule has 0 radical (unpaired) electrons. The highest BCUT2D eigenvalue weighted by Gasteiger charge is 2.24. The van der Waals surface area contributed by atoms with Gasteiger partial charge in [-0.2, -0.15) is 5.10 Å². The van der Waals surface area contributed by atoms with Crippen molar-refractivity contribution in [3.63, 3.8) is 0 Å². The number of hydrogen-bond donors (Lipinski definition) is 1. The Hall–Kier alpha value is -2.66. The maximum atomic E-state index is 5.98. The molecule has 1 atom stereocenters. The van der Waals surface area contributed by atoms with E-state index in [4.69, 9.17) is 9.72 Å². The summed E-state index contributed by atoms with van der Waals surface area (Å²) in [5.41, 5.74) is 5.88. The quantitative estimate of drug-likeness (QED) is 0.571. The monoisotopic (exact) mass is 347 g/mol. The molecular weight excluding hydrogens is 330 g/mol. The molecule has 0 fully saturated rings. The second kappa shape index (κ2) is 5.70. The Kier molecular flexibility index (Phi) is 3.35. The van der Waals surface area contributed by atoms with Crippen molar-refractivity contribution in [3.05, 3.63) is 64.9 Å². The first-order chi connectivity index (χ1) is 12.3. The molecule has 5 heteroatoms. The predicted molar refractivity (Wildman–Crippen MR) is 100 cm³/mol. The molecule has 2 aromatic carbocycles. The van der Waals surface area contributed by atoms with Crippen molar-refractivity contribution in [1.29, 1.82) is 0 Å². The third-order valence-electron chi connectivity index (χ3n) is 4.71. The van der Waals surface area contributed by atoms with Crippen molar-refractivity contribution in [2.45, 2.75) is 19.3 Å². The number of H-pyrrole nitrogens is 1.